The Morgan fingerprint density at radius 1 is 0.917 bits per heavy atom. The van der Waals surface area contributed by atoms with Gasteiger partial charge in [0.05, 0.1) is 25.4 Å². The van der Waals surface area contributed by atoms with Crippen LogP contribution in [0.25, 0.3) is 0 Å². The van der Waals surface area contributed by atoms with Gasteiger partial charge in [0.25, 0.3) is 0 Å². The monoisotopic (exact) mass is 520 g/mol. The fourth-order valence-electron chi connectivity index (χ4n) is 5.88. The molecule has 4 fully saturated rings. The summed E-state index contributed by atoms with van der Waals surface area (Å²) in [5.74, 6) is 0. The molecule has 3 saturated heterocycles. The maximum absolute atomic E-state index is 10.5. The van der Waals surface area contributed by atoms with Crippen LogP contribution < -0.4 is 0 Å². The van der Waals surface area contributed by atoms with E-state index in [1.165, 1.54) is 0 Å². The third-order valence-electron chi connectivity index (χ3n) is 7.97. The second-order valence-electron chi connectivity index (χ2n) is 11.3. The van der Waals surface area contributed by atoms with Crippen LogP contribution in [0.15, 0.2) is 12.2 Å². The van der Waals surface area contributed by atoms with Crippen LogP contribution in [0.3, 0.4) is 0 Å². The van der Waals surface area contributed by atoms with E-state index in [-0.39, 0.29) is 18.6 Å². The topological polar surface area (TPSA) is 191 Å². The molecule has 0 spiro atoms. The fourth-order valence-corrected chi connectivity index (χ4v) is 5.88. The third kappa shape index (κ3) is 4.99. The van der Waals surface area contributed by atoms with Gasteiger partial charge in [-0.3, -0.25) is 0 Å². The lowest BCUT2D eigenvalue weighted by Crippen LogP contribution is -2.61. The molecular formula is C24H40O12. The SMILES string of the molecule is CC(O)/C=C/[C@@]12O[C@]1(C)C[C@@H](O[C@@H]1O[C@H](CO[C@@H]3OC[C@@H](O)[C@H](O)[C@H]3O)[C@@H](O)[C@H](O)[C@H]1O)CC2(C)C. The first-order valence-corrected chi connectivity index (χ1v) is 12.4. The van der Waals surface area contributed by atoms with Crippen molar-refractivity contribution >= 4 is 0 Å². The Labute approximate surface area is 210 Å². The molecule has 1 aliphatic carbocycles. The zero-order valence-corrected chi connectivity index (χ0v) is 21.0. The molecule has 12 heteroatoms. The summed E-state index contributed by atoms with van der Waals surface area (Å²) in [6.45, 7) is 7.10. The van der Waals surface area contributed by atoms with Crippen LogP contribution in [0.2, 0.25) is 0 Å². The van der Waals surface area contributed by atoms with Gasteiger partial charge in [0.15, 0.2) is 12.6 Å². The summed E-state index contributed by atoms with van der Waals surface area (Å²) in [7, 11) is 0. The summed E-state index contributed by atoms with van der Waals surface area (Å²) in [5.41, 5.74) is -1.49. The van der Waals surface area contributed by atoms with E-state index in [0.29, 0.717) is 12.8 Å². The maximum Gasteiger partial charge on any atom is 0.186 e. The van der Waals surface area contributed by atoms with Crippen LogP contribution in [-0.4, -0.2) is 128 Å². The van der Waals surface area contributed by atoms with E-state index in [1.54, 1.807) is 13.0 Å². The molecule has 0 amide bonds. The van der Waals surface area contributed by atoms with Crippen molar-refractivity contribution < 1.29 is 59.4 Å². The maximum atomic E-state index is 10.5. The van der Waals surface area contributed by atoms with Crippen LogP contribution in [0.1, 0.15) is 40.5 Å². The summed E-state index contributed by atoms with van der Waals surface area (Å²) in [6.07, 6.45) is -8.93. The first kappa shape index (κ1) is 28.3. The van der Waals surface area contributed by atoms with Crippen molar-refractivity contribution in [3.05, 3.63) is 12.2 Å². The van der Waals surface area contributed by atoms with Crippen molar-refractivity contribution in [2.75, 3.05) is 13.2 Å². The minimum Gasteiger partial charge on any atom is -0.389 e. The number of hydrogen-bond donors (Lipinski definition) is 7. The van der Waals surface area contributed by atoms with E-state index in [0.717, 1.165) is 0 Å². The van der Waals surface area contributed by atoms with E-state index >= 15 is 0 Å². The molecule has 12 nitrogen and oxygen atoms in total. The van der Waals surface area contributed by atoms with E-state index in [9.17, 15) is 35.7 Å². The van der Waals surface area contributed by atoms with Crippen molar-refractivity contribution in [1.29, 1.82) is 0 Å². The first-order valence-electron chi connectivity index (χ1n) is 12.4. The van der Waals surface area contributed by atoms with Crippen molar-refractivity contribution in [1.82, 2.24) is 0 Å². The van der Waals surface area contributed by atoms with Gasteiger partial charge < -0.3 is 59.4 Å². The molecule has 0 bridgehead atoms. The molecule has 3 heterocycles. The Morgan fingerprint density at radius 2 is 1.58 bits per heavy atom. The van der Waals surface area contributed by atoms with Crippen LogP contribution in [-0.2, 0) is 23.7 Å². The third-order valence-corrected chi connectivity index (χ3v) is 7.97. The summed E-state index contributed by atoms with van der Waals surface area (Å²) in [4.78, 5) is 0. The summed E-state index contributed by atoms with van der Waals surface area (Å²) < 4.78 is 28.7. The van der Waals surface area contributed by atoms with E-state index < -0.39 is 78.7 Å². The van der Waals surface area contributed by atoms with E-state index in [1.807, 2.05) is 26.8 Å². The largest absolute Gasteiger partial charge is 0.389 e. The van der Waals surface area contributed by atoms with E-state index in [4.69, 9.17) is 23.7 Å². The fraction of sp³-hybridized carbons (Fsp3) is 0.917. The molecule has 4 aliphatic rings. The average Bonchev–Trinajstić information content (AvgIpc) is 3.43. The lowest BCUT2D eigenvalue weighted by atomic mass is 9.63. The van der Waals surface area contributed by atoms with Gasteiger partial charge in [-0.25, -0.2) is 0 Å². The molecule has 208 valence electrons. The average molecular weight is 521 g/mol. The summed E-state index contributed by atoms with van der Waals surface area (Å²) in [6, 6.07) is 0. The number of aliphatic hydroxyl groups excluding tert-OH is 7. The number of ether oxygens (including phenoxy) is 5. The zero-order chi connectivity index (χ0) is 26.6. The second kappa shape index (κ2) is 10.1. The molecule has 0 aromatic rings. The van der Waals surface area contributed by atoms with Gasteiger partial charge >= 0.3 is 0 Å². The first-order chi connectivity index (χ1) is 16.7. The van der Waals surface area contributed by atoms with Crippen molar-refractivity contribution in [2.45, 2.75) is 119 Å². The highest BCUT2D eigenvalue weighted by Gasteiger charge is 2.75. The highest BCUT2D eigenvalue weighted by atomic mass is 16.7. The number of hydrogen-bond acceptors (Lipinski definition) is 12. The molecule has 1 unspecified atom stereocenters. The molecule has 3 aliphatic heterocycles. The van der Waals surface area contributed by atoms with Crippen molar-refractivity contribution in [3.63, 3.8) is 0 Å². The van der Waals surface area contributed by atoms with Gasteiger partial charge in [0.1, 0.15) is 53.9 Å². The van der Waals surface area contributed by atoms with Crippen LogP contribution in [0, 0.1) is 5.41 Å². The quantitative estimate of drug-likeness (QED) is 0.143. The Bertz CT molecular complexity index is 806. The smallest absolute Gasteiger partial charge is 0.186 e. The van der Waals surface area contributed by atoms with Gasteiger partial charge in [-0.2, -0.15) is 0 Å². The summed E-state index contributed by atoms with van der Waals surface area (Å²) in [5, 5.41) is 70.5. The molecule has 0 radical (unpaired) electrons. The van der Waals surface area contributed by atoms with Crippen LogP contribution >= 0.6 is 0 Å². The lowest BCUT2D eigenvalue weighted by molar-refractivity contribution is -0.330. The van der Waals surface area contributed by atoms with Gasteiger partial charge in [-0.05, 0) is 20.3 Å². The Morgan fingerprint density at radius 3 is 2.22 bits per heavy atom. The Hall–Kier alpha value is -0.740. The van der Waals surface area contributed by atoms with Gasteiger partial charge in [-0.1, -0.05) is 26.0 Å². The highest BCUT2D eigenvalue weighted by molar-refractivity contribution is 5.32. The molecule has 4 rings (SSSR count). The van der Waals surface area contributed by atoms with Crippen LogP contribution in [0.4, 0.5) is 0 Å². The molecule has 36 heavy (non-hydrogen) atoms. The second-order valence-corrected chi connectivity index (χ2v) is 11.3. The predicted octanol–water partition coefficient (Wildman–Crippen LogP) is -2.08. The highest BCUT2D eigenvalue weighted by Crippen LogP contribution is 2.66. The van der Waals surface area contributed by atoms with Crippen molar-refractivity contribution in [2.24, 2.45) is 5.41 Å². The number of aliphatic hydroxyl groups is 7. The van der Waals surface area contributed by atoms with Crippen LogP contribution in [0.5, 0.6) is 0 Å². The van der Waals surface area contributed by atoms with Gasteiger partial charge in [-0.15, -0.1) is 0 Å². The molecule has 13 atom stereocenters. The molecule has 0 aromatic heterocycles. The van der Waals surface area contributed by atoms with Gasteiger partial charge in [0, 0.05) is 11.8 Å². The minimum atomic E-state index is -1.58. The number of fused-ring (bicyclic) bond motifs is 1. The Balaban J connectivity index is 1.39. The molecule has 0 aromatic carbocycles. The lowest BCUT2D eigenvalue weighted by Gasteiger charge is -2.45. The summed E-state index contributed by atoms with van der Waals surface area (Å²) >= 11 is 0. The predicted molar refractivity (Wildman–Crippen MR) is 121 cm³/mol. The number of rotatable bonds is 7. The Kier molecular flexibility index (Phi) is 7.93. The van der Waals surface area contributed by atoms with Gasteiger partial charge in [0.2, 0.25) is 0 Å². The number of epoxide rings is 1. The minimum absolute atomic E-state index is 0.254. The van der Waals surface area contributed by atoms with E-state index in [2.05, 4.69) is 0 Å². The molecule has 1 saturated carbocycles. The standard InChI is InChI=1S/C24H40O12/c1-11(25)5-6-24-22(2,3)7-12(8-23(24,4)36-24)34-21-19(31)17(29)16(28)14(35-21)10-33-20-18(30)15(27)13(26)9-32-20/h5-6,11-21,25-31H,7-10H2,1-4H3/b6-5+/t11?,12-,13+,14+,15-,16+,17-,18+,19+,20-,21+,23+,24-/m0/s1. The van der Waals surface area contributed by atoms with Crippen molar-refractivity contribution in [3.8, 4) is 0 Å². The zero-order valence-electron chi connectivity index (χ0n) is 21.0. The normalized spacial score (nSPS) is 51.6. The molecular weight excluding hydrogens is 480 g/mol. The molecule has 7 N–H and O–H groups in total.